The second kappa shape index (κ2) is 22.5. The highest BCUT2D eigenvalue weighted by Crippen LogP contribution is 1.77. The van der Waals surface area contributed by atoms with Gasteiger partial charge in [0.1, 0.15) is 0 Å². The lowest BCUT2D eigenvalue weighted by molar-refractivity contribution is -0.117. The summed E-state index contributed by atoms with van der Waals surface area (Å²) in [5.41, 5.74) is 4.50. The standard InChI is InChI=1S/C5H11NO.C4H10.CH5N/c1-3-4-6(2)5-7;1-3-4-2;1-2/h5H,3-4H2,1-2H3;3-4H2,1-2H3;2H2,1H3. The molecule has 3 nitrogen and oxygen atoms in total. The largest absolute Gasteiger partial charge is 0.348 e. The van der Waals surface area contributed by atoms with Crippen LogP contribution in [0.1, 0.15) is 40.0 Å². The van der Waals surface area contributed by atoms with Gasteiger partial charge in [-0.3, -0.25) is 4.79 Å². The average molecular weight is 190 g/mol. The van der Waals surface area contributed by atoms with Crippen molar-refractivity contribution in [2.45, 2.75) is 40.0 Å². The molecule has 82 valence electrons. The minimum atomic E-state index is 0.837. The molecule has 13 heavy (non-hydrogen) atoms. The van der Waals surface area contributed by atoms with Gasteiger partial charge in [0.2, 0.25) is 6.41 Å². The first-order valence-corrected chi connectivity index (χ1v) is 4.96. The summed E-state index contributed by atoms with van der Waals surface area (Å²) < 4.78 is 0. The summed E-state index contributed by atoms with van der Waals surface area (Å²) in [6.07, 6.45) is 4.51. The Morgan fingerprint density at radius 2 is 1.46 bits per heavy atom. The molecule has 0 aromatic rings. The van der Waals surface area contributed by atoms with Gasteiger partial charge < -0.3 is 10.6 Å². The van der Waals surface area contributed by atoms with E-state index in [0.29, 0.717) is 0 Å². The smallest absolute Gasteiger partial charge is 0.209 e. The summed E-state index contributed by atoms with van der Waals surface area (Å²) in [4.78, 5) is 11.4. The molecule has 0 aromatic heterocycles. The molecule has 0 heterocycles. The molecule has 0 unspecified atom stereocenters. The number of carbonyl (C=O) groups is 1. The summed E-state index contributed by atoms with van der Waals surface area (Å²) in [5.74, 6) is 0. The van der Waals surface area contributed by atoms with Crippen LogP contribution in [0.25, 0.3) is 0 Å². The van der Waals surface area contributed by atoms with Crippen molar-refractivity contribution in [3.05, 3.63) is 0 Å². The van der Waals surface area contributed by atoms with E-state index in [4.69, 9.17) is 0 Å². The quantitative estimate of drug-likeness (QED) is 0.688. The minimum Gasteiger partial charge on any atom is -0.348 e. The van der Waals surface area contributed by atoms with Gasteiger partial charge >= 0.3 is 0 Å². The molecule has 0 atom stereocenters. The molecule has 0 aliphatic heterocycles. The van der Waals surface area contributed by atoms with Crippen LogP contribution in [0, 0.1) is 0 Å². The molecule has 0 fully saturated rings. The zero-order valence-electron chi connectivity index (χ0n) is 9.84. The molecule has 0 saturated carbocycles. The monoisotopic (exact) mass is 190 g/mol. The minimum absolute atomic E-state index is 0.837. The highest BCUT2D eigenvalue weighted by molar-refractivity contribution is 5.45. The lowest BCUT2D eigenvalue weighted by Crippen LogP contribution is -2.15. The van der Waals surface area contributed by atoms with E-state index < -0.39 is 0 Å². The molecule has 0 aromatic carbocycles. The van der Waals surface area contributed by atoms with E-state index in [0.717, 1.165) is 19.4 Å². The molecule has 0 aliphatic rings. The Labute approximate surface area is 83.3 Å². The highest BCUT2D eigenvalue weighted by atomic mass is 16.1. The van der Waals surface area contributed by atoms with E-state index in [2.05, 4.69) is 19.6 Å². The van der Waals surface area contributed by atoms with Crippen LogP contribution < -0.4 is 5.73 Å². The topological polar surface area (TPSA) is 46.3 Å². The molecule has 0 aliphatic carbocycles. The Morgan fingerprint density at radius 1 is 1.08 bits per heavy atom. The molecule has 0 bridgehead atoms. The maximum Gasteiger partial charge on any atom is 0.209 e. The summed E-state index contributed by atoms with van der Waals surface area (Å²) in [7, 11) is 3.27. The number of nitrogens with two attached hydrogens (primary N) is 1. The Balaban J connectivity index is -0.000000142. The van der Waals surface area contributed by atoms with Crippen molar-refractivity contribution in [3.63, 3.8) is 0 Å². The fourth-order valence-corrected chi connectivity index (χ4v) is 0.405. The fourth-order valence-electron chi connectivity index (χ4n) is 0.405. The first-order chi connectivity index (χ1) is 6.22. The average Bonchev–Trinajstić information content (AvgIpc) is 2.21. The highest BCUT2D eigenvalue weighted by Gasteiger charge is 1.84. The van der Waals surface area contributed by atoms with E-state index in [9.17, 15) is 4.79 Å². The zero-order valence-corrected chi connectivity index (χ0v) is 9.84. The van der Waals surface area contributed by atoms with Crippen molar-refractivity contribution < 1.29 is 4.79 Å². The van der Waals surface area contributed by atoms with E-state index >= 15 is 0 Å². The number of hydrogen-bond acceptors (Lipinski definition) is 2. The molecule has 1 amide bonds. The summed E-state index contributed by atoms with van der Waals surface area (Å²) in [5, 5.41) is 0. The predicted molar refractivity (Wildman–Crippen MR) is 59.7 cm³/mol. The molecule has 0 spiro atoms. The fraction of sp³-hybridized carbons (Fsp3) is 0.900. The molecular formula is C10H26N2O. The van der Waals surface area contributed by atoms with Crippen LogP contribution in [0.4, 0.5) is 0 Å². The summed E-state index contributed by atoms with van der Waals surface area (Å²) >= 11 is 0. The Bertz CT molecular complexity index is 75.3. The number of carbonyl (C=O) groups excluding carboxylic acids is 1. The number of unbranched alkanes of at least 4 members (excludes halogenated alkanes) is 1. The van der Waals surface area contributed by atoms with Crippen LogP contribution in [-0.4, -0.2) is 32.0 Å². The lowest BCUT2D eigenvalue weighted by atomic mass is 10.4. The van der Waals surface area contributed by atoms with E-state index in [1.54, 1.807) is 11.9 Å². The van der Waals surface area contributed by atoms with E-state index in [-0.39, 0.29) is 0 Å². The van der Waals surface area contributed by atoms with Gasteiger partial charge in [-0.05, 0) is 13.5 Å². The molecule has 3 heteroatoms. The maximum atomic E-state index is 9.82. The van der Waals surface area contributed by atoms with Gasteiger partial charge in [0.25, 0.3) is 0 Å². The van der Waals surface area contributed by atoms with Gasteiger partial charge in [0.15, 0.2) is 0 Å². The Morgan fingerprint density at radius 3 is 1.54 bits per heavy atom. The van der Waals surface area contributed by atoms with Crippen LogP contribution in [-0.2, 0) is 4.79 Å². The van der Waals surface area contributed by atoms with Gasteiger partial charge in [-0.15, -0.1) is 0 Å². The SMILES string of the molecule is CCCC.CCCN(C)C=O.CN. The molecule has 0 saturated heterocycles. The molecule has 2 N–H and O–H groups in total. The van der Waals surface area contributed by atoms with Crippen molar-refractivity contribution in [1.82, 2.24) is 4.90 Å². The van der Waals surface area contributed by atoms with Crippen LogP contribution >= 0.6 is 0 Å². The first kappa shape index (κ1) is 18.3. The van der Waals surface area contributed by atoms with Gasteiger partial charge in [-0.1, -0.05) is 33.6 Å². The molecule has 0 rings (SSSR count). The number of rotatable bonds is 4. The van der Waals surface area contributed by atoms with Crippen LogP contribution in [0.15, 0.2) is 0 Å². The summed E-state index contributed by atoms with van der Waals surface area (Å²) in [6, 6.07) is 0. The maximum absolute atomic E-state index is 9.82. The molecular weight excluding hydrogens is 164 g/mol. The predicted octanol–water partition coefficient (Wildman–Crippen LogP) is 1.87. The number of hydrogen-bond donors (Lipinski definition) is 1. The molecule has 0 radical (unpaired) electrons. The Hall–Kier alpha value is -0.570. The van der Waals surface area contributed by atoms with Gasteiger partial charge in [0.05, 0.1) is 0 Å². The number of amides is 1. The Kier molecular flexibility index (Phi) is 31.6. The van der Waals surface area contributed by atoms with Crippen molar-refractivity contribution in [2.75, 3.05) is 20.6 Å². The van der Waals surface area contributed by atoms with Gasteiger partial charge in [-0.2, -0.15) is 0 Å². The van der Waals surface area contributed by atoms with Crippen molar-refractivity contribution in [3.8, 4) is 0 Å². The van der Waals surface area contributed by atoms with Crippen molar-refractivity contribution in [2.24, 2.45) is 5.73 Å². The normalized spacial score (nSPS) is 7.23. The first-order valence-electron chi connectivity index (χ1n) is 4.96. The van der Waals surface area contributed by atoms with Crippen LogP contribution in [0.2, 0.25) is 0 Å². The third kappa shape index (κ3) is 34.5. The van der Waals surface area contributed by atoms with Crippen LogP contribution in [0.3, 0.4) is 0 Å². The lowest BCUT2D eigenvalue weighted by Gasteiger charge is -2.05. The van der Waals surface area contributed by atoms with Crippen molar-refractivity contribution >= 4 is 6.41 Å². The van der Waals surface area contributed by atoms with E-state index in [1.165, 1.54) is 19.9 Å². The zero-order chi connectivity index (χ0) is 11.1. The summed E-state index contributed by atoms with van der Waals surface area (Å²) in [6.45, 7) is 7.27. The van der Waals surface area contributed by atoms with Crippen LogP contribution in [0.5, 0.6) is 0 Å². The number of nitrogens with zero attached hydrogens (tertiary/aromatic N) is 1. The third-order valence-electron chi connectivity index (χ3n) is 1.26. The van der Waals surface area contributed by atoms with E-state index in [1.807, 2.05) is 6.92 Å². The van der Waals surface area contributed by atoms with Gasteiger partial charge in [-0.25, -0.2) is 0 Å². The van der Waals surface area contributed by atoms with Crippen molar-refractivity contribution in [1.29, 1.82) is 0 Å². The second-order valence-corrected chi connectivity index (χ2v) is 2.59. The second-order valence-electron chi connectivity index (χ2n) is 2.59. The van der Waals surface area contributed by atoms with Gasteiger partial charge in [0, 0.05) is 13.6 Å². The third-order valence-corrected chi connectivity index (χ3v) is 1.26.